The number of fused-ring (bicyclic) bond motifs is 1. The van der Waals surface area contributed by atoms with Gasteiger partial charge in [-0.05, 0) is 45.7 Å². The van der Waals surface area contributed by atoms with Crippen molar-refractivity contribution in [3.8, 4) is 11.3 Å². The van der Waals surface area contributed by atoms with Gasteiger partial charge in [-0.2, -0.15) is 0 Å². The van der Waals surface area contributed by atoms with Gasteiger partial charge in [-0.3, -0.25) is 0 Å². The summed E-state index contributed by atoms with van der Waals surface area (Å²) in [6.07, 6.45) is 6.26. The largest absolute Gasteiger partial charge is 0.351 e. The second-order valence-corrected chi connectivity index (χ2v) is 7.87. The highest BCUT2D eigenvalue weighted by atomic mass is 35.5. The van der Waals surface area contributed by atoms with Gasteiger partial charge in [0.15, 0.2) is 5.82 Å². The third-order valence-corrected chi connectivity index (χ3v) is 5.42. The molecule has 7 heteroatoms. The zero-order valence-electron chi connectivity index (χ0n) is 15.8. The number of aryl methyl sites for hydroxylation is 1. The van der Waals surface area contributed by atoms with Crippen molar-refractivity contribution in [3.63, 3.8) is 0 Å². The Hall–Kier alpha value is -2.21. The molecular formula is C20H23ClFN5. The van der Waals surface area contributed by atoms with Gasteiger partial charge in [0.1, 0.15) is 11.3 Å². The van der Waals surface area contributed by atoms with E-state index in [1.54, 1.807) is 6.20 Å². The Balaban J connectivity index is 1.80. The minimum absolute atomic E-state index is 0.171. The predicted molar refractivity (Wildman–Crippen MR) is 107 cm³/mol. The van der Waals surface area contributed by atoms with E-state index < -0.39 is 0 Å². The Bertz CT molecular complexity index is 992. The van der Waals surface area contributed by atoms with Gasteiger partial charge in [-0.25, -0.2) is 19.3 Å². The van der Waals surface area contributed by atoms with Gasteiger partial charge in [0.25, 0.3) is 0 Å². The molecule has 2 heterocycles. The van der Waals surface area contributed by atoms with E-state index in [4.69, 9.17) is 11.6 Å². The van der Waals surface area contributed by atoms with Crippen molar-refractivity contribution in [2.75, 3.05) is 5.32 Å². The molecule has 4 rings (SSSR count). The number of hydrogen-bond acceptors (Lipinski definition) is 4. The molecule has 3 aromatic rings. The number of anilines is 1. The number of benzene rings is 1. The summed E-state index contributed by atoms with van der Waals surface area (Å²) in [7, 11) is 0. The highest BCUT2D eigenvalue weighted by molar-refractivity contribution is 6.33. The SMILES string of the molecule is Cc1nc2c(F)cc(-c3nc(NC4CCCC4)ncc3Cl)cc2n1C(C)C. The quantitative estimate of drug-likeness (QED) is 0.639. The van der Waals surface area contributed by atoms with Crippen molar-refractivity contribution in [1.82, 2.24) is 19.5 Å². The molecule has 1 aromatic carbocycles. The van der Waals surface area contributed by atoms with Crippen LogP contribution < -0.4 is 5.32 Å². The molecule has 1 saturated carbocycles. The minimum atomic E-state index is -0.370. The summed E-state index contributed by atoms with van der Waals surface area (Å²) < 4.78 is 16.8. The summed E-state index contributed by atoms with van der Waals surface area (Å²) in [5.41, 5.74) is 2.28. The molecular weight excluding hydrogens is 365 g/mol. The molecule has 0 atom stereocenters. The fourth-order valence-corrected chi connectivity index (χ4v) is 4.15. The summed E-state index contributed by atoms with van der Waals surface area (Å²) in [4.78, 5) is 13.3. The molecule has 0 spiro atoms. The fourth-order valence-electron chi connectivity index (χ4n) is 3.95. The van der Waals surface area contributed by atoms with Gasteiger partial charge in [0, 0.05) is 17.6 Å². The van der Waals surface area contributed by atoms with Crippen molar-refractivity contribution in [2.45, 2.75) is 58.5 Å². The van der Waals surface area contributed by atoms with Gasteiger partial charge < -0.3 is 9.88 Å². The van der Waals surface area contributed by atoms with Crippen LogP contribution >= 0.6 is 11.6 Å². The van der Waals surface area contributed by atoms with Crippen LogP contribution in [0, 0.1) is 12.7 Å². The second-order valence-electron chi connectivity index (χ2n) is 7.46. The van der Waals surface area contributed by atoms with E-state index in [1.807, 2.05) is 17.6 Å². The molecule has 142 valence electrons. The van der Waals surface area contributed by atoms with Crippen LogP contribution in [0.3, 0.4) is 0 Å². The van der Waals surface area contributed by atoms with Gasteiger partial charge in [-0.1, -0.05) is 24.4 Å². The molecule has 1 aliphatic rings. The number of hydrogen-bond donors (Lipinski definition) is 1. The zero-order chi connectivity index (χ0) is 19.1. The van der Waals surface area contributed by atoms with Crippen LogP contribution in [0.4, 0.5) is 10.3 Å². The van der Waals surface area contributed by atoms with E-state index in [2.05, 4.69) is 34.1 Å². The van der Waals surface area contributed by atoms with Gasteiger partial charge in [0.2, 0.25) is 5.95 Å². The monoisotopic (exact) mass is 387 g/mol. The lowest BCUT2D eigenvalue weighted by Gasteiger charge is -2.14. The molecule has 2 aromatic heterocycles. The highest BCUT2D eigenvalue weighted by Gasteiger charge is 2.19. The average molecular weight is 388 g/mol. The first-order valence-electron chi connectivity index (χ1n) is 9.41. The normalized spacial score (nSPS) is 15.2. The van der Waals surface area contributed by atoms with E-state index in [1.165, 1.54) is 18.9 Å². The zero-order valence-corrected chi connectivity index (χ0v) is 16.5. The molecule has 27 heavy (non-hydrogen) atoms. The Morgan fingerprint density at radius 1 is 1.22 bits per heavy atom. The van der Waals surface area contributed by atoms with E-state index >= 15 is 0 Å². The van der Waals surface area contributed by atoms with Crippen molar-refractivity contribution >= 4 is 28.6 Å². The number of nitrogens with one attached hydrogen (secondary N) is 1. The lowest BCUT2D eigenvalue weighted by molar-refractivity contribution is 0.600. The molecule has 5 nitrogen and oxygen atoms in total. The van der Waals surface area contributed by atoms with Crippen molar-refractivity contribution in [2.24, 2.45) is 0 Å². The molecule has 0 unspecified atom stereocenters. The van der Waals surface area contributed by atoms with Crippen molar-refractivity contribution in [1.29, 1.82) is 0 Å². The lowest BCUT2D eigenvalue weighted by Crippen LogP contribution is -2.16. The van der Waals surface area contributed by atoms with Crippen LogP contribution in [-0.4, -0.2) is 25.6 Å². The van der Waals surface area contributed by atoms with Crippen LogP contribution in [-0.2, 0) is 0 Å². The van der Waals surface area contributed by atoms with Gasteiger partial charge >= 0.3 is 0 Å². The molecule has 0 bridgehead atoms. The first-order valence-corrected chi connectivity index (χ1v) is 9.79. The van der Waals surface area contributed by atoms with E-state index in [9.17, 15) is 4.39 Å². The maximum Gasteiger partial charge on any atom is 0.223 e. The summed E-state index contributed by atoms with van der Waals surface area (Å²) in [6, 6.07) is 3.92. The lowest BCUT2D eigenvalue weighted by atomic mass is 10.1. The number of rotatable bonds is 4. The molecule has 1 fully saturated rings. The van der Waals surface area contributed by atoms with E-state index in [0.29, 0.717) is 33.8 Å². The van der Waals surface area contributed by atoms with Crippen molar-refractivity contribution in [3.05, 3.63) is 35.0 Å². The molecule has 0 amide bonds. The highest BCUT2D eigenvalue weighted by Crippen LogP contribution is 2.32. The summed E-state index contributed by atoms with van der Waals surface area (Å²) in [5.74, 6) is 0.953. The molecule has 0 radical (unpaired) electrons. The molecule has 1 N–H and O–H groups in total. The Morgan fingerprint density at radius 3 is 2.67 bits per heavy atom. The van der Waals surface area contributed by atoms with Gasteiger partial charge in [0.05, 0.1) is 22.4 Å². The molecule has 0 saturated heterocycles. The maximum atomic E-state index is 14.8. The Labute approximate surface area is 163 Å². The smallest absolute Gasteiger partial charge is 0.223 e. The van der Waals surface area contributed by atoms with E-state index in [0.717, 1.165) is 24.2 Å². The van der Waals surface area contributed by atoms with E-state index in [-0.39, 0.29) is 11.9 Å². The fraction of sp³-hybridized carbons (Fsp3) is 0.450. The second kappa shape index (κ2) is 7.08. The summed E-state index contributed by atoms with van der Waals surface area (Å²) >= 11 is 6.36. The number of halogens is 2. The van der Waals surface area contributed by atoms with Crippen molar-refractivity contribution < 1.29 is 4.39 Å². The van der Waals surface area contributed by atoms with Crippen LogP contribution in [0.25, 0.3) is 22.3 Å². The number of nitrogens with zero attached hydrogens (tertiary/aromatic N) is 4. The summed E-state index contributed by atoms with van der Waals surface area (Å²) in [5, 5.41) is 3.77. The Kier molecular flexibility index (Phi) is 4.76. The Morgan fingerprint density at radius 2 is 1.96 bits per heavy atom. The van der Waals surface area contributed by atoms with Crippen LogP contribution in [0.2, 0.25) is 5.02 Å². The predicted octanol–water partition coefficient (Wildman–Crippen LogP) is 5.53. The van der Waals surface area contributed by atoms with Crippen LogP contribution in [0.1, 0.15) is 51.4 Å². The number of imidazole rings is 1. The molecule has 0 aliphatic heterocycles. The average Bonchev–Trinajstić information content (AvgIpc) is 3.23. The maximum absolute atomic E-state index is 14.8. The first-order chi connectivity index (χ1) is 12.9. The minimum Gasteiger partial charge on any atom is -0.351 e. The first kappa shape index (κ1) is 18.2. The van der Waals surface area contributed by atoms with Crippen LogP contribution in [0.15, 0.2) is 18.3 Å². The standard InChI is InChI=1S/C20H23ClFN5/c1-11(2)27-12(3)24-19-16(22)8-13(9-17(19)27)18-15(21)10-23-20(26-18)25-14-6-4-5-7-14/h8-11,14H,4-7H2,1-3H3,(H,23,25,26). The number of aromatic nitrogens is 4. The third-order valence-electron chi connectivity index (χ3n) is 5.15. The topological polar surface area (TPSA) is 55.6 Å². The van der Waals surface area contributed by atoms with Gasteiger partial charge in [-0.15, -0.1) is 0 Å². The summed E-state index contributed by atoms with van der Waals surface area (Å²) in [6.45, 7) is 6.00. The van der Waals surface area contributed by atoms with Crippen LogP contribution in [0.5, 0.6) is 0 Å². The third kappa shape index (κ3) is 3.38. The molecule has 1 aliphatic carbocycles.